The Labute approximate surface area is 189 Å². The molecule has 0 aliphatic carbocycles. The van der Waals surface area contributed by atoms with Crippen molar-refractivity contribution in [2.75, 3.05) is 44.2 Å². The summed E-state index contributed by atoms with van der Waals surface area (Å²) in [5.74, 6) is -0.984. The molecule has 2 aromatic carbocycles. The van der Waals surface area contributed by atoms with Crippen molar-refractivity contribution in [2.24, 2.45) is 10.9 Å². The lowest BCUT2D eigenvalue weighted by molar-refractivity contribution is -0.146. The summed E-state index contributed by atoms with van der Waals surface area (Å²) in [6, 6.07) is 17.3. The molecule has 2 aliphatic heterocycles. The number of anilines is 1. The van der Waals surface area contributed by atoms with Gasteiger partial charge in [0, 0.05) is 38.4 Å². The summed E-state index contributed by atoms with van der Waals surface area (Å²) in [6.45, 7) is 7.99. The molecule has 1 fully saturated rings. The number of hydrogen-bond acceptors (Lipinski definition) is 5. The first-order chi connectivity index (χ1) is 15.5. The van der Waals surface area contributed by atoms with Crippen LogP contribution in [0, 0.1) is 12.8 Å². The Kier molecular flexibility index (Phi) is 6.85. The summed E-state index contributed by atoms with van der Waals surface area (Å²) in [5.41, 5.74) is 3.79. The lowest BCUT2D eigenvalue weighted by Crippen LogP contribution is -2.52. The first-order valence-corrected chi connectivity index (χ1v) is 11.2. The number of carbonyl (C=O) groups is 2. The third-order valence-electron chi connectivity index (χ3n) is 6.07. The highest BCUT2D eigenvalue weighted by Crippen LogP contribution is 2.29. The number of para-hydroxylation sites is 1. The number of aryl methyl sites for hydroxylation is 1. The van der Waals surface area contributed by atoms with E-state index in [4.69, 9.17) is 4.74 Å². The molecule has 2 aliphatic rings. The average molecular weight is 435 g/mol. The lowest BCUT2D eigenvalue weighted by atomic mass is 9.87. The highest BCUT2D eigenvalue weighted by atomic mass is 16.5. The van der Waals surface area contributed by atoms with Crippen LogP contribution >= 0.6 is 0 Å². The Balaban J connectivity index is 1.51. The second kappa shape index (κ2) is 9.96. The summed E-state index contributed by atoms with van der Waals surface area (Å²) in [7, 11) is 0. The molecule has 7 heteroatoms. The van der Waals surface area contributed by atoms with E-state index in [9.17, 15) is 9.59 Å². The second-order valence-electron chi connectivity index (χ2n) is 8.27. The summed E-state index contributed by atoms with van der Waals surface area (Å²) in [4.78, 5) is 34.3. The number of esters is 1. The minimum Gasteiger partial charge on any atom is -0.465 e. The molecule has 1 saturated heterocycles. The van der Waals surface area contributed by atoms with Crippen LogP contribution < -0.4 is 10.2 Å². The van der Waals surface area contributed by atoms with Crippen molar-refractivity contribution in [3.8, 4) is 0 Å². The molecule has 0 bridgehead atoms. The van der Waals surface area contributed by atoms with Gasteiger partial charge in [0.05, 0.1) is 18.4 Å². The molecule has 0 spiro atoms. The van der Waals surface area contributed by atoms with Crippen LogP contribution in [-0.4, -0.2) is 61.9 Å². The molecule has 0 radical (unpaired) electrons. The van der Waals surface area contributed by atoms with Crippen molar-refractivity contribution in [3.05, 3.63) is 65.7 Å². The monoisotopic (exact) mass is 434 g/mol. The number of piperazine rings is 1. The van der Waals surface area contributed by atoms with Crippen molar-refractivity contribution >= 4 is 23.4 Å². The number of amides is 2. The first-order valence-electron chi connectivity index (χ1n) is 11.2. The number of benzene rings is 2. The first kappa shape index (κ1) is 22.0. The molecular formula is C25H30N4O3. The molecule has 7 nitrogen and oxygen atoms in total. The van der Waals surface area contributed by atoms with Crippen molar-refractivity contribution in [1.82, 2.24) is 10.2 Å². The van der Waals surface area contributed by atoms with Gasteiger partial charge in [-0.2, -0.15) is 0 Å². The van der Waals surface area contributed by atoms with Crippen LogP contribution in [0.1, 0.15) is 24.1 Å². The molecule has 0 saturated carbocycles. The van der Waals surface area contributed by atoms with Gasteiger partial charge in [0.25, 0.3) is 0 Å². The lowest BCUT2D eigenvalue weighted by Gasteiger charge is -2.38. The molecule has 2 heterocycles. The topological polar surface area (TPSA) is 74.2 Å². The van der Waals surface area contributed by atoms with E-state index in [1.165, 1.54) is 5.69 Å². The van der Waals surface area contributed by atoms with Gasteiger partial charge in [-0.3, -0.25) is 9.69 Å². The van der Waals surface area contributed by atoms with Gasteiger partial charge >= 0.3 is 12.0 Å². The van der Waals surface area contributed by atoms with Gasteiger partial charge in [0.2, 0.25) is 0 Å². The van der Waals surface area contributed by atoms with E-state index >= 15 is 0 Å². The third-order valence-corrected chi connectivity index (χ3v) is 6.07. The standard InChI is InChI=1S/C25H30N4O3/c1-3-32-24(30)22-21(26-25(31)27-23(22)19-11-9-18(2)10-12-19)17-28-13-15-29(16-14-28)20-7-5-4-6-8-20/h4-12,22-23H,3,13-17H2,1-2H3,(H,27,31). The molecule has 32 heavy (non-hydrogen) atoms. The SMILES string of the molecule is CCOC(=O)C1C(CN2CCN(c3ccccc3)CC2)=NC(=O)NC1c1ccc(C)cc1. The Bertz CT molecular complexity index is 966. The Morgan fingerprint density at radius 2 is 1.75 bits per heavy atom. The van der Waals surface area contributed by atoms with Gasteiger partial charge in [-0.1, -0.05) is 48.0 Å². The fourth-order valence-electron chi connectivity index (χ4n) is 4.36. The molecule has 168 valence electrons. The van der Waals surface area contributed by atoms with Crippen LogP contribution in [0.25, 0.3) is 0 Å². The smallest absolute Gasteiger partial charge is 0.341 e. The van der Waals surface area contributed by atoms with E-state index in [1.54, 1.807) is 6.92 Å². The molecule has 2 atom stereocenters. The van der Waals surface area contributed by atoms with Crippen LogP contribution in [-0.2, 0) is 9.53 Å². The van der Waals surface area contributed by atoms with Crippen LogP contribution in [0.2, 0.25) is 0 Å². The van der Waals surface area contributed by atoms with E-state index in [-0.39, 0.29) is 12.6 Å². The maximum atomic E-state index is 13.0. The predicted molar refractivity (Wildman–Crippen MR) is 125 cm³/mol. The predicted octanol–water partition coefficient (Wildman–Crippen LogP) is 3.20. The highest BCUT2D eigenvalue weighted by Gasteiger charge is 2.40. The molecular weight excluding hydrogens is 404 g/mol. The van der Waals surface area contributed by atoms with Crippen LogP contribution in [0.4, 0.5) is 10.5 Å². The van der Waals surface area contributed by atoms with Crippen LogP contribution in [0.5, 0.6) is 0 Å². The number of rotatable bonds is 6. The number of urea groups is 1. The van der Waals surface area contributed by atoms with E-state index in [1.807, 2.05) is 49.4 Å². The molecule has 2 aromatic rings. The average Bonchev–Trinajstić information content (AvgIpc) is 2.80. The molecule has 4 rings (SSSR count). The maximum absolute atomic E-state index is 13.0. The van der Waals surface area contributed by atoms with E-state index in [2.05, 4.69) is 32.2 Å². The van der Waals surface area contributed by atoms with Gasteiger partial charge in [0.1, 0.15) is 5.92 Å². The summed E-state index contributed by atoms with van der Waals surface area (Å²) in [6.07, 6.45) is 0. The van der Waals surface area contributed by atoms with Gasteiger partial charge in [-0.05, 0) is 31.5 Å². The van der Waals surface area contributed by atoms with Crippen LogP contribution in [0.3, 0.4) is 0 Å². The minimum atomic E-state index is -0.637. The zero-order valence-corrected chi connectivity index (χ0v) is 18.7. The number of nitrogens with one attached hydrogen (secondary N) is 1. The minimum absolute atomic E-state index is 0.285. The van der Waals surface area contributed by atoms with Crippen molar-refractivity contribution in [1.29, 1.82) is 0 Å². The summed E-state index contributed by atoms with van der Waals surface area (Å²) < 4.78 is 5.39. The van der Waals surface area contributed by atoms with Crippen molar-refractivity contribution in [2.45, 2.75) is 19.9 Å². The van der Waals surface area contributed by atoms with Crippen LogP contribution in [0.15, 0.2) is 59.6 Å². The van der Waals surface area contributed by atoms with Gasteiger partial charge in [-0.15, -0.1) is 0 Å². The zero-order chi connectivity index (χ0) is 22.5. The molecule has 1 N–H and O–H groups in total. The normalized spacial score (nSPS) is 21.6. The molecule has 2 unspecified atom stereocenters. The number of ether oxygens (including phenoxy) is 1. The molecule has 2 amide bonds. The Morgan fingerprint density at radius 1 is 1.06 bits per heavy atom. The van der Waals surface area contributed by atoms with E-state index < -0.39 is 18.0 Å². The second-order valence-corrected chi connectivity index (χ2v) is 8.27. The number of carbonyl (C=O) groups excluding carboxylic acids is 2. The Morgan fingerprint density at radius 3 is 2.41 bits per heavy atom. The van der Waals surface area contributed by atoms with Crippen molar-refractivity contribution in [3.63, 3.8) is 0 Å². The highest BCUT2D eigenvalue weighted by molar-refractivity contribution is 6.10. The van der Waals surface area contributed by atoms with Gasteiger partial charge < -0.3 is 15.0 Å². The zero-order valence-electron chi connectivity index (χ0n) is 18.7. The quantitative estimate of drug-likeness (QED) is 0.707. The summed E-state index contributed by atoms with van der Waals surface area (Å²) >= 11 is 0. The third kappa shape index (κ3) is 4.99. The van der Waals surface area contributed by atoms with Crippen molar-refractivity contribution < 1.29 is 14.3 Å². The number of hydrogen-bond donors (Lipinski definition) is 1. The Hall–Kier alpha value is -3.19. The molecule has 0 aromatic heterocycles. The number of nitrogens with zero attached hydrogens (tertiary/aromatic N) is 3. The fourth-order valence-corrected chi connectivity index (χ4v) is 4.36. The summed E-state index contributed by atoms with van der Waals surface area (Å²) in [5, 5.41) is 2.88. The maximum Gasteiger partial charge on any atom is 0.341 e. The van der Waals surface area contributed by atoms with E-state index in [0.717, 1.165) is 37.3 Å². The van der Waals surface area contributed by atoms with E-state index in [0.29, 0.717) is 12.3 Å². The van der Waals surface area contributed by atoms with Gasteiger partial charge in [0.15, 0.2) is 0 Å². The largest absolute Gasteiger partial charge is 0.465 e. The number of aliphatic imine (C=N–C) groups is 1. The fraction of sp³-hybridized carbons (Fsp3) is 0.400. The van der Waals surface area contributed by atoms with Gasteiger partial charge in [-0.25, -0.2) is 9.79 Å².